The normalized spacial score (nSPS) is 13.1. The summed E-state index contributed by atoms with van der Waals surface area (Å²) in [6, 6.07) is 3.79. The van der Waals surface area contributed by atoms with Crippen LogP contribution in [0.1, 0.15) is 32.0 Å². The molecule has 0 aliphatic heterocycles. The number of hydrogen-bond donors (Lipinski definition) is 1. The van der Waals surface area contributed by atoms with E-state index in [2.05, 4.69) is 22.2 Å². The van der Waals surface area contributed by atoms with Gasteiger partial charge in [-0.2, -0.15) is 9.61 Å². The molecule has 0 bridgehead atoms. The smallest absolute Gasteiger partial charge is 0.177 e. The molecule has 2 heterocycles. The molecule has 1 atom stereocenters. The lowest BCUT2D eigenvalue weighted by Crippen LogP contribution is -2.10. The maximum absolute atomic E-state index is 5.60. The first-order valence-electron chi connectivity index (χ1n) is 6.20. The molecule has 5 heteroatoms. The van der Waals surface area contributed by atoms with Crippen LogP contribution >= 0.6 is 0 Å². The Balaban J connectivity index is 2.03. The van der Waals surface area contributed by atoms with Crippen LogP contribution in [-0.4, -0.2) is 26.4 Å². The number of rotatable bonds is 6. The average Bonchev–Trinajstić information content (AvgIpc) is 2.78. The van der Waals surface area contributed by atoms with Crippen LogP contribution in [0.15, 0.2) is 18.3 Å². The first kappa shape index (κ1) is 12.0. The van der Waals surface area contributed by atoms with E-state index in [1.165, 1.54) is 6.42 Å². The minimum Gasteiger partial charge on any atom is -0.330 e. The van der Waals surface area contributed by atoms with Crippen molar-refractivity contribution in [1.29, 1.82) is 0 Å². The number of hydrogen-bond acceptors (Lipinski definition) is 4. The van der Waals surface area contributed by atoms with Crippen molar-refractivity contribution in [3.8, 4) is 0 Å². The van der Waals surface area contributed by atoms with Gasteiger partial charge in [0, 0.05) is 12.6 Å². The topological polar surface area (TPSA) is 69.1 Å². The zero-order valence-electron chi connectivity index (χ0n) is 10.2. The molecule has 0 saturated heterocycles. The second-order valence-corrected chi connectivity index (χ2v) is 4.30. The quantitative estimate of drug-likeness (QED) is 0.819. The summed E-state index contributed by atoms with van der Waals surface area (Å²) in [6.07, 6.45) is 6.03. The van der Waals surface area contributed by atoms with Gasteiger partial charge in [-0.05, 0) is 37.4 Å². The van der Waals surface area contributed by atoms with Gasteiger partial charge in [-0.15, -0.1) is 10.2 Å². The molecule has 2 aromatic heterocycles. The third-order valence-electron chi connectivity index (χ3n) is 3.17. The van der Waals surface area contributed by atoms with Crippen molar-refractivity contribution in [2.24, 2.45) is 11.7 Å². The van der Waals surface area contributed by atoms with Crippen molar-refractivity contribution in [3.05, 3.63) is 24.2 Å². The summed E-state index contributed by atoms with van der Waals surface area (Å²) in [7, 11) is 0. The van der Waals surface area contributed by atoms with Crippen LogP contribution in [0.5, 0.6) is 0 Å². The van der Waals surface area contributed by atoms with E-state index >= 15 is 0 Å². The average molecular weight is 233 g/mol. The Kier molecular flexibility index (Phi) is 4.03. The number of fused-ring (bicyclic) bond motifs is 1. The highest BCUT2D eigenvalue weighted by Gasteiger charge is 2.10. The third-order valence-corrected chi connectivity index (χ3v) is 3.17. The van der Waals surface area contributed by atoms with Gasteiger partial charge in [0.25, 0.3) is 0 Å². The summed E-state index contributed by atoms with van der Waals surface area (Å²) < 4.78 is 1.81. The Labute approximate surface area is 101 Å². The van der Waals surface area contributed by atoms with Crippen LogP contribution in [0.25, 0.3) is 5.65 Å². The summed E-state index contributed by atoms with van der Waals surface area (Å²) in [5.41, 5.74) is 6.41. The standard InChI is InChI=1S/C12H19N5/c1-2-10(7-8-13)5-6-12-16-15-11-4-3-9-14-17(11)12/h3-4,9-10H,2,5-8,13H2,1H3. The van der Waals surface area contributed by atoms with E-state index in [-0.39, 0.29) is 0 Å². The Bertz CT molecular complexity index is 465. The van der Waals surface area contributed by atoms with E-state index in [1.54, 1.807) is 6.20 Å². The predicted molar refractivity (Wildman–Crippen MR) is 66.6 cm³/mol. The lowest BCUT2D eigenvalue weighted by Gasteiger charge is -2.12. The van der Waals surface area contributed by atoms with Crippen molar-refractivity contribution >= 4 is 5.65 Å². The zero-order valence-corrected chi connectivity index (χ0v) is 10.2. The molecule has 0 spiro atoms. The molecule has 0 saturated carbocycles. The van der Waals surface area contributed by atoms with Crippen LogP contribution in [0.4, 0.5) is 0 Å². The van der Waals surface area contributed by atoms with E-state index in [9.17, 15) is 0 Å². The Morgan fingerprint density at radius 3 is 3.00 bits per heavy atom. The van der Waals surface area contributed by atoms with Crippen LogP contribution in [0.2, 0.25) is 0 Å². The first-order valence-corrected chi connectivity index (χ1v) is 6.20. The lowest BCUT2D eigenvalue weighted by molar-refractivity contribution is 0.437. The van der Waals surface area contributed by atoms with Crippen LogP contribution in [0.3, 0.4) is 0 Å². The van der Waals surface area contributed by atoms with Crippen molar-refractivity contribution < 1.29 is 0 Å². The van der Waals surface area contributed by atoms with Gasteiger partial charge in [-0.1, -0.05) is 13.3 Å². The number of aromatic nitrogens is 4. The van der Waals surface area contributed by atoms with E-state index in [4.69, 9.17) is 5.73 Å². The molecule has 0 aliphatic rings. The molecule has 0 amide bonds. The Hall–Kier alpha value is -1.49. The van der Waals surface area contributed by atoms with Crippen LogP contribution in [0, 0.1) is 5.92 Å². The lowest BCUT2D eigenvalue weighted by atomic mass is 9.96. The monoisotopic (exact) mass is 233 g/mol. The van der Waals surface area contributed by atoms with Crippen molar-refractivity contribution in [2.75, 3.05) is 6.54 Å². The van der Waals surface area contributed by atoms with Gasteiger partial charge in [0.05, 0.1) is 0 Å². The summed E-state index contributed by atoms with van der Waals surface area (Å²) in [4.78, 5) is 0. The number of aryl methyl sites for hydroxylation is 1. The van der Waals surface area contributed by atoms with Crippen molar-refractivity contribution in [1.82, 2.24) is 19.8 Å². The fraction of sp³-hybridized carbons (Fsp3) is 0.583. The SMILES string of the molecule is CCC(CCN)CCc1nnc2cccnn12. The van der Waals surface area contributed by atoms with Crippen LogP contribution < -0.4 is 5.73 Å². The summed E-state index contributed by atoms with van der Waals surface area (Å²) in [6.45, 7) is 2.97. The molecule has 0 aromatic carbocycles. The Morgan fingerprint density at radius 1 is 1.35 bits per heavy atom. The molecule has 0 aliphatic carbocycles. The molecule has 5 nitrogen and oxygen atoms in total. The fourth-order valence-electron chi connectivity index (χ4n) is 2.07. The minimum atomic E-state index is 0.677. The predicted octanol–water partition coefficient (Wildman–Crippen LogP) is 1.43. The highest BCUT2D eigenvalue weighted by atomic mass is 15.4. The van der Waals surface area contributed by atoms with E-state index < -0.39 is 0 Å². The molecule has 1 unspecified atom stereocenters. The van der Waals surface area contributed by atoms with Gasteiger partial charge in [0.1, 0.15) is 0 Å². The largest absolute Gasteiger partial charge is 0.330 e. The summed E-state index contributed by atoms with van der Waals surface area (Å²) >= 11 is 0. The van der Waals surface area contributed by atoms with Gasteiger partial charge in [0.15, 0.2) is 11.5 Å². The third kappa shape index (κ3) is 2.79. The van der Waals surface area contributed by atoms with E-state index in [0.717, 1.165) is 37.3 Å². The Morgan fingerprint density at radius 2 is 2.24 bits per heavy atom. The second-order valence-electron chi connectivity index (χ2n) is 4.30. The van der Waals surface area contributed by atoms with Gasteiger partial charge in [0.2, 0.25) is 0 Å². The van der Waals surface area contributed by atoms with Crippen molar-refractivity contribution in [3.63, 3.8) is 0 Å². The van der Waals surface area contributed by atoms with Crippen molar-refractivity contribution in [2.45, 2.75) is 32.6 Å². The minimum absolute atomic E-state index is 0.677. The van der Waals surface area contributed by atoms with Crippen LogP contribution in [-0.2, 0) is 6.42 Å². The maximum Gasteiger partial charge on any atom is 0.177 e. The van der Waals surface area contributed by atoms with Gasteiger partial charge < -0.3 is 5.73 Å². The fourth-order valence-corrected chi connectivity index (χ4v) is 2.07. The molecular weight excluding hydrogens is 214 g/mol. The zero-order chi connectivity index (χ0) is 12.1. The molecular formula is C12H19N5. The number of nitrogens with zero attached hydrogens (tertiary/aromatic N) is 4. The molecule has 92 valence electrons. The van der Waals surface area contributed by atoms with Gasteiger partial charge >= 0.3 is 0 Å². The van der Waals surface area contributed by atoms with Gasteiger partial charge in [-0.25, -0.2) is 0 Å². The molecule has 2 aromatic rings. The molecule has 0 radical (unpaired) electrons. The highest BCUT2D eigenvalue weighted by molar-refractivity contribution is 5.34. The molecule has 2 rings (SSSR count). The first-order chi connectivity index (χ1) is 8.35. The van der Waals surface area contributed by atoms with E-state index in [0.29, 0.717) is 5.92 Å². The maximum atomic E-state index is 5.60. The summed E-state index contributed by atoms with van der Waals surface area (Å²) in [5.74, 6) is 1.62. The summed E-state index contributed by atoms with van der Waals surface area (Å²) in [5, 5.41) is 12.5. The number of nitrogens with two attached hydrogens (primary N) is 1. The molecule has 2 N–H and O–H groups in total. The van der Waals surface area contributed by atoms with E-state index in [1.807, 2.05) is 16.6 Å². The second kappa shape index (κ2) is 5.72. The molecule has 17 heavy (non-hydrogen) atoms. The highest BCUT2D eigenvalue weighted by Crippen LogP contribution is 2.15. The van der Waals surface area contributed by atoms with Gasteiger partial charge in [-0.3, -0.25) is 0 Å². The molecule has 0 fully saturated rings.